The van der Waals surface area contributed by atoms with Crippen LogP contribution in [0.5, 0.6) is 0 Å². The molecule has 1 aromatic rings. The van der Waals surface area contributed by atoms with Crippen LogP contribution in [0.2, 0.25) is 0 Å². The molecule has 1 aromatic carbocycles. The maximum atomic E-state index is 2.64. The van der Waals surface area contributed by atoms with Crippen LogP contribution in [0.3, 0.4) is 0 Å². The van der Waals surface area contributed by atoms with Crippen LogP contribution >= 0.6 is 0 Å². The van der Waals surface area contributed by atoms with Gasteiger partial charge in [0.25, 0.3) is 0 Å². The largest absolute Gasteiger partial charge is 0.294 e. The summed E-state index contributed by atoms with van der Waals surface area (Å²) in [5.74, 6) is 0. The van der Waals surface area contributed by atoms with Gasteiger partial charge >= 0.3 is 0 Å². The lowest BCUT2D eigenvalue weighted by molar-refractivity contribution is 0.130. The molecule has 1 aliphatic heterocycles. The number of nitrogens with zero attached hydrogens (tertiary/aromatic N) is 1. The van der Waals surface area contributed by atoms with Crippen LogP contribution in [-0.2, 0) is 5.54 Å². The second-order valence-corrected chi connectivity index (χ2v) is 4.69. The zero-order valence-electron chi connectivity index (χ0n) is 9.87. The number of likely N-dealkylation sites (tertiary alicyclic amines) is 1. The maximum absolute atomic E-state index is 2.64. The van der Waals surface area contributed by atoms with E-state index >= 15 is 0 Å². The number of hydrogen-bond acceptors (Lipinski definition) is 1. The topological polar surface area (TPSA) is 3.24 Å². The molecule has 1 aliphatic rings. The molecule has 1 fully saturated rings. The third-order valence-corrected chi connectivity index (χ3v) is 3.89. The molecule has 0 saturated carbocycles. The fourth-order valence-corrected chi connectivity index (χ4v) is 2.62. The standard InChI is InChI=1S/C14H21N/c1-3-14(2,15-11-7-8-12-15)13-9-5-4-6-10-13/h4-6,9-10H,3,7-8,11-12H2,1-2H3. The normalized spacial score (nSPS) is 21.5. The van der Waals surface area contributed by atoms with Crippen LogP contribution < -0.4 is 0 Å². The molecular weight excluding hydrogens is 182 g/mol. The summed E-state index contributed by atoms with van der Waals surface area (Å²) in [6, 6.07) is 10.9. The Morgan fingerprint density at radius 3 is 2.27 bits per heavy atom. The van der Waals surface area contributed by atoms with E-state index in [1.807, 2.05) is 0 Å². The van der Waals surface area contributed by atoms with Gasteiger partial charge in [-0.3, -0.25) is 4.90 Å². The van der Waals surface area contributed by atoms with Gasteiger partial charge in [-0.1, -0.05) is 37.3 Å². The Labute approximate surface area is 93.1 Å². The summed E-state index contributed by atoms with van der Waals surface area (Å²) in [6.45, 7) is 7.21. The van der Waals surface area contributed by atoms with E-state index in [0.717, 1.165) is 0 Å². The molecule has 0 aromatic heterocycles. The molecule has 15 heavy (non-hydrogen) atoms. The summed E-state index contributed by atoms with van der Waals surface area (Å²) >= 11 is 0. The summed E-state index contributed by atoms with van der Waals surface area (Å²) in [7, 11) is 0. The highest BCUT2D eigenvalue weighted by Crippen LogP contribution is 2.34. The second-order valence-electron chi connectivity index (χ2n) is 4.69. The first-order valence-corrected chi connectivity index (χ1v) is 6.08. The maximum Gasteiger partial charge on any atom is 0.0429 e. The zero-order chi connectivity index (χ0) is 10.7. The van der Waals surface area contributed by atoms with Gasteiger partial charge in [0.2, 0.25) is 0 Å². The molecule has 1 saturated heterocycles. The van der Waals surface area contributed by atoms with Crippen molar-refractivity contribution in [1.29, 1.82) is 0 Å². The van der Waals surface area contributed by atoms with Crippen LogP contribution in [0.4, 0.5) is 0 Å². The Bertz CT molecular complexity index is 300. The Kier molecular flexibility index (Phi) is 3.11. The number of hydrogen-bond donors (Lipinski definition) is 0. The van der Waals surface area contributed by atoms with Crippen LogP contribution in [0.15, 0.2) is 30.3 Å². The minimum atomic E-state index is 0.248. The highest BCUT2D eigenvalue weighted by atomic mass is 15.2. The van der Waals surface area contributed by atoms with E-state index < -0.39 is 0 Å². The van der Waals surface area contributed by atoms with Crippen LogP contribution in [-0.4, -0.2) is 18.0 Å². The second kappa shape index (κ2) is 4.36. The van der Waals surface area contributed by atoms with E-state index in [-0.39, 0.29) is 5.54 Å². The quantitative estimate of drug-likeness (QED) is 0.727. The molecule has 1 unspecified atom stereocenters. The molecule has 82 valence electrons. The third-order valence-electron chi connectivity index (χ3n) is 3.89. The Morgan fingerprint density at radius 1 is 1.13 bits per heavy atom. The minimum absolute atomic E-state index is 0.248. The summed E-state index contributed by atoms with van der Waals surface area (Å²) in [5, 5.41) is 0. The van der Waals surface area contributed by atoms with Gasteiger partial charge in [0, 0.05) is 5.54 Å². The first-order chi connectivity index (χ1) is 7.27. The Morgan fingerprint density at radius 2 is 1.73 bits per heavy atom. The summed E-state index contributed by atoms with van der Waals surface area (Å²) < 4.78 is 0. The van der Waals surface area contributed by atoms with Crippen LogP contribution in [0.1, 0.15) is 38.7 Å². The predicted molar refractivity (Wildman–Crippen MR) is 64.9 cm³/mol. The summed E-state index contributed by atoms with van der Waals surface area (Å²) in [5.41, 5.74) is 1.71. The van der Waals surface area contributed by atoms with E-state index in [2.05, 4.69) is 49.1 Å². The Balaban J connectivity index is 2.28. The molecule has 0 radical (unpaired) electrons. The lowest BCUT2D eigenvalue weighted by Gasteiger charge is -2.38. The monoisotopic (exact) mass is 203 g/mol. The molecule has 1 atom stereocenters. The molecule has 0 bridgehead atoms. The highest BCUT2D eigenvalue weighted by Gasteiger charge is 2.33. The first-order valence-electron chi connectivity index (χ1n) is 6.08. The van der Waals surface area contributed by atoms with E-state index in [9.17, 15) is 0 Å². The van der Waals surface area contributed by atoms with Crippen molar-refractivity contribution in [3.05, 3.63) is 35.9 Å². The molecule has 1 heterocycles. The van der Waals surface area contributed by atoms with Crippen molar-refractivity contribution in [3.63, 3.8) is 0 Å². The minimum Gasteiger partial charge on any atom is -0.294 e. The Hall–Kier alpha value is -0.820. The highest BCUT2D eigenvalue weighted by molar-refractivity contribution is 5.23. The molecular formula is C14H21N. The van der Waals surface area contributed by atoms with E-state index in [0.29, 0.717) is 0 Å². The first kappa shape index (κ1) is 10.7. The molecule has 1 heteroatoms. The van der Waals surface area contributed by atoms with Gasteiger partial charge in [0.15, 0.2) is 0 Å². The van der Waals surface area contributed by atoms with Gasteiger partial charge in [-0.05, 0) is 44.8 Å². The van der Waals surface area contributed by atoms with Crippen molar-refractivity contribution >= 4 is 0 Å². The molecule has 0 spiro atoms. The van der Waals surface area contributed by atoms with Gasteiger partial charge in [-0.25, -0.2) is 0 Å². The predicted octanol–water partition coefficient (Wildman–Crippen LogP) is 3.41. The smallest absolute Gasteiger partial charge is 0.0429 e. The van der Waals surface area contributed by atoms with Crippen molar-refractivity contribution in [2.45, 2.75) is 38.6 Å². The van der Waals surface area contributed by atoms with Gasteiger partial charge in [0.05, 0.1) is 0 Å². The molecule has 0 aliphatic carbocycles. The van der Waals surface area contributed by atoms with Crippen molar-refractivity contribution in [3.8, 4) is 0 Å². The van der Waals surface area contributed by atoms with Crippen LogP contribution in [0, 0.1) is 0 Å². The summed E-state index contributed by atoms with van der Waals surface area (Å²) in [6.07, 6.45) is 3.92. The van der Waals surface area contributed by atoms with Gasteiger partial charge in [0.1, 0.15) is 0 Å². The lowest BCUT2D eigenvalue weighted by Crippen LogP contribution is -2.41. The van der Waals surface area contributed by atoms with Crippen molar-refractivity contribution < 1.29 is 0 Å². The van der Waals surface area contributed by atoms with E-state index in [1.54, 1.807) is 0 Å². The van der Waals surface area contributed by atoms with Gasteiger partial charge in [-0.15, -0.1) is 0 Å². The SMILES string of the molecule is CCC(C)(c1ccccc1)N1CCCC1. The van der Waals surface area contributed by atoms with Crippen molar-refractivity contribution in [2.24, 2.45) is 0 Å². The number of rotatable bonds is 3. The van der Waals surface area contributed by atoms with E-state index in [1.165, 1.54) is 37.9 Å². The fraction of sp³-hybridized carbons (Fsp3) is 0.571. The molecule has 0 amide bonds. The number of benzene rings is 1. The third kappa shape index (κ3) is 1.93. The van der Waals surface area contributed by atoms with Gasteiger partial charge in [-0.2, -0.15) is 0 Å². The molecule has 1 nitrogen and oxygen atoms in total. The van der Waals surface area contributed by atoms with Crippen molar-refractivity contribution in [2.75, 3.05) is 13.1 Å². The lowest BCUT2D eigenvalue weighted by atomic mass is 9.88. The van der Waals surface area contributed by atoms with Crippen molar-refractivity contribution in [1.82, 2.24) is 4.90 Å². The van der Waals surface area contributed by atoms with Gasteiger partial charge < -0.3 is 0 Å². The zero-order valence-corrected chi connectivity index (χ0v) is 9.87. The molecule has 2 rings (SSSR count). The van der Waals surface area contributed by atoms with E-state index in [4.69, 9.17) is 0 Å². The average molecular weight is 203 g/mol. The average Bonchev–Trinajstić information content (AvgIpc) is 2.83. The summed E-state index contributed by atoms with van der Waals surface area (Å²) in [4.78, 5) is 2.64. The fourth-order valence-electron chi connectivity index (χ4n) is 2.62. The molecule has 0 N–H and O–H groups in total. The van der Waals surface area contributed by atoms with Crippen LogP contribution in [0.25, 0.3) is 0 Å².